The molecular weight excluding hydrogens is 242 g/mol. The predicted octanol–water partition coefficient (Wildman–Crippen LogP) is 2.39. The van der Waals surface area contributed by atoms with Gasteiger partial charge in [-0.2, -0.15) is 0 Å². The normalized spacial score (nSPS) is 24.2. The van der Waals surface area contributed by atoms with Gasteiger partial charge in [-0.1, -0.05) is 6.07 Å². The molecule has 0 saturated carbocycles. The van der Waals surface area contributed by atoms with Crippen molar-refractivity contribution in [1.82, 2.24) is 5.32 Å². The van der Waals surface area contributed by atoms with Crippen LogP contribution in [-0.4, -0.2) is 34.0 Å². The number of benzene rings is 1. The molecule has 1 N–H and O–H groups in total. The monoisotopic (exact) mass is 265 g/mol. The van der Waals surface area contributed by atoms with Crippen LogP contribution in [0.4, 0.5) is 0 Å². The summed E-state index contributed by atoms with van der Waals surface area (Å²) in [5.41, 5.74) is 1.21. The third kappa shape index (κ3) is 3.01. The molecule has 0 radical (unpaired) electrons. The van der Waals surface area contributed by atoms with Crippen molar-refractivity contribution in [1.29, 1.82) is 0 Å². The number of hydrogen-bond donors (Lipinski definition) is 1. The molecule has 1 aromatic carbocycles. The van der Waals surface area contributed by atoms with Gasteiger partial charge in [0.05, 0.1) is 26.9 Å². The van der Waals surface area contributed by atoms with E-state index in [2.05, 4.69) is 18.3 Å². The van der Waals surface area contributed by atoms with Gasteiger partial charge in [-0.15, -0.1) is 0 Å². The van der Waals surface area contributed by atoms with Crippen molar-refractivity contribution >= 4 is 0 Å². The van der Waals surface area contributed by atoms with Gasteiger partial charge >= 0.3 is 0 Å². The smallest absolute Gasteiger partial charge is 0.161 e. The molecule has 0 bridgehead atoms. The highest BCUT2D eigenvalue weighted by atomic mass is 16.5. The van der Waals surface area contributed by atoms with Crippen LogP contribution in [-0.2, 0) is 4.74 Å². The van der Waals surface area contributed by atoms with E-state index in [9.17, 15) is 0 Å². The molecule has 1 aliphatic heterocycles. The van der Waals surface area contributed by atoms with Gasteiger partial charge in [-0.3, -0.25) is 0 Å². The van der Waals surface area contributed by atoms with Crippen LogP contribution in [0.2, 0.25) is 0 Å². The Balaban J connectivity index is 2.23. The van der Waals surface area contributed by atoms with Gasteiger partial charge in [0.15, 0.2) is 11.5 Å². The fourth-order valence-electron chi connectivity index (χ4n) is 2.80. The summed E-state index contributed by atoms with van der Waals surface area (Å²) in [6.45, 7) is 2.93. The average Bonchev–Trinajstić information content (AvgIpc) is 2.86. The second-order valence-corrected chi connectivity index (χ2v) is 5.02. The molecule has 3 atom stereocenters. The average molecular weight is 265 g/mol. The van der Waals surface area contributed by atoms with E-state index >= 15 is 0 Å². The molecule has 2 rings (SSSR count). The molecular formula is C15H23NO3. The molecule has 1 aromatic rings. The molecule has 0 amide bonds. The van der Waals surface area contributed by atoms with E-state index in [0.717, 1.165) is 24.5 Å². The minimum absolute atomic E-state index is 0.282. The summed E-state index contributed by atoms with van der Waals surface area (Å²) in [7, 11) is 5.31. The summed E-state index contributed by atoms with van der Waals surface area (Å²) in [6, 6.07) is 6.37. The van der Waals surface area contributed by atoms with Crippen molar-refractivity contribution in [3.63, 3.8) is 0 Å². The molecule has 3 unspecified atom stereocenters. The number of methoxy groups -OCH3 is 2. The molecule has 19 heavy (non-hydrogen) atoms. The Bertz CT molecular complexity index is 422. The van der Waals surface area contributed by atoms with E-state index in [1.165, 1.54) is 5.56 Å². The third-order valence-electron chi connectivity index (χ3n) is 3.78. The van der Waals surface area contributed by atoms with Gasteiger partial charge in [0, 0.05) is 12.0 Å². The molecule has 1 heterocycles. The minimum Gasteiger partial charge on any atom is -0.493 e. The van der Waals surface area contributed by atoms with Crippen molar-refractivity contribution in [3.05, 3.63) is 23.8 Å². The predicted molar refractivity (Wildman–Crippen MR) is 74.9 cm³/mol. The zero-order valence-corrected chi connectivity index (χ0v) is 12.1. The minimum atomic E-state index is 0.282. The van der Waals surface area contributed by atoms with Crippen LogP contribution in [0.5, 0.6) is 11.5 Å². The van der Waals surface area contributed by atoms with Gasteiger partial charge < -0.3 is 19.5 Å². The van der Waals surface area contributed by atoms with E-state index in [1.807, 2.05) is 19.2 Å². The lowest BCUT2D eigenvalue weighted by molar-refractivity contribution is 0.117. The lowest BCUT2D eigenvalue weighted by Crippen LogP contribution is -2.25. The van der Waals surface area contributed by atoms with Crippen LogP contribution in [0.15, 0.2) is 18.2 Å². The summed E-state index contributed by atoms with van der Waals surface area (Å²) >= 11 is 0. The lowest BCUT2D eigenvalue weighted by Gasteiger charge is -2.23. The summed E-state index contributed by atoms with van der Waals surface area (Å²) in [6.07, 6.45) is 1.43. The van der Waals surface area contributed by atoms with Crippen LogP contribution in [0.1, 0.15) is 24.9 Å². The molecule has 1 fully saturated rings. The molecule has 1 saturated heterocycles. The van der Waals surface area contributed by atoms with Crippen LogP contribution < -0.4 is 14.8 Å². The van der Waals surface area contributed by atoms with Gasteiger partial charge in [0.1, 0.15) is 0 Å². The number of rotatable bonds is 5. The fraction of sp³-hybridized carbons (Fsp3) is 0.600. The largest absolute Gasteiger partial charge is 0.493 e. The SMILES string of the molecule is CNC(c1ccc(OC)c(OC)c1)C1COC(C)C1. The van der Waals surface area contributed by atoms with Crippen molar-refractivity contribution < 1.29 is 14.2 Å². The highest BCUT2D eigenvalue weighted by Crippen LogP contribution is 2.35. The molecule has 0 aromatic heterocycles. The molecule has 1 aliphatic rings. The quantitative estimate of drug-likeness (QED) is 0.887. The first-order valence-corrected chi connectivity index (χ1v) is 6.70. The summed E-state index contributed by atoms with van der Waals surface area (Å²) in [4.78, 5) is 0. The summed E-state index contributed by atoms with van der Waals surface area (Å²) in [5.74, 6) is 2.03. The van der Waals surface area contributed by atoms with Gasteiger partial charge in [-0.05, 0) is 38.1 Å². The maximum absolute atomic E-state index is 5.68. The number of ether oxygens (including phenoxy) is 3. The fourth-order valence-corrected chi connectivity index (χ4v) is 2.80. The van der Waals surface area contributed by atoms with Crippen molar-refractivity contribution in [2.45, 2.75) is 25.5 Å². The molecule has 0 aliphatic carbocycles. The highest BCUT2D eigenvalue weighted by Gasteiger charge is 2.30. The Labute approximate surface area is 115 Å². The van der Waals surface area contributed by atoms with Crippen molar-refractivity contribution in [2.75, 3.05) is 27.9 Å². The zero-order valence-electron chi connectivity index (χ0n) is 12.1. The van der Waals surface area contributed by atoms with E-state index in [1.54, 1.807) is 14.2 Å². The topological polar surface area (TPSA) is 39.7 Å². The van der Waals surface area contributed by atoms with E-state index < -0.39 is 0 Å². The first-order valence-electron chi connectivity index (χ1n) is 6.70. The highest BCUT2D eigenvalue weighted by molar-refractivity contribution is 5.44. The van der Waals surface area contributed by atoms with Gasteiger partial charge in [0.2, 0.25) is 0 Å². The molecule has 106 valence electrons. The summed E-state index contributed by atoms with van der Waals surface area (Å²) < 4.78 is 16.3. The van der Waals surface area contributed by atoms with Crippen molar-refractivity contribution in [3.8, 4) is 11.5 Å². The lowest BCUT2D eigenvalue weighted by atomic mass is 9.91. The van der Waals surface area contributed by atoms with E-state index in [4.69, 9.17) is 14.2 Å². The van der Waals surface area contributed by atoms with Gasteiger partial charge in [0.25, 0.3) is 0 Å². The van der Waals surface area contributed by atoms with E-state index in [-0.39, 0.29) is 6.04 Å². The van der Waals surface area contributed by atoms with Crippen LogP contribution in [0.3, 0.4) is 0 Å². The second-order valence-electron chi connectivity index (χ2n) is 5.02. The Morgan fingerprint density at radius 1 is 1.26 bits per heavy atom. The van der Waals surface area contributed by atoms with Crippen LogP contribution >= 0.6 is 0 Å². The van der Waals surface area contributed by atoms with Crippen molar-refractivity contribution in [2.24, 2.45) is 5.92 Å². The van der Waals surface area contributed by atoms with Gasteiger partial charge in [-0.25, -0.2) is 0 Å². The maximum atomic E-state index is 5.68. The Hall–Kier alpha value is -1.26. The zero-order chi connectivity index (χ0) is 13.8. The van der Waals surface area contributed by atoms with E-state index in [0.29, 0.717) is 12.0 Å². The molecule has 4 nitrogen and oxygen atoms in total. The standard InChI is InChI=1S/C15H23NO3/c1-10-7-12(9-19-10)15(16-2)11-5-6-13(17-3)14(8-11)18-4/h5-6,8,10,12,15-16H,7,9H2,1-4H3. The van der Waals surface area contributed by atoms with Crippen LogP contribution in [0.25, 0.3) is 0 Å². The number of hydrogen-bond acceptors (Lipinski definition) is 4. The number of nitrogens with one attached hydrogen (secondary N) is 1. The summed E-state index contributed by atoms with van der Waals surface area (Å²) in [5, 5.41) is 3.39. The first kappa shape index (κ1) is 14.2. The Morgan fingerprint density at radius 2 is 2.00 bits per heavy atom. The first-order chi connectivity index (χ1) is 9.19. The van der Waals surface area contributed by atoms with Crippen LogP contribution in [0, 0.1) is 5.92 Å². The third-order valence-corrected chi connectivity index (χ3v) is 3.78. The second kappa shape index (κ2) is 6.26. The molecule has 0 spiro atoms. The Kier molecular flexibility index (Phi) is 4.66. The molecule has 4 heteroatoms. The maximum Gasteiger partial charge on any atom is 0.161 e. The Morgan fingerprint density at radius 3 is 2.53 bits per heavy atom.